The fraction of sp³-hybridized carbons (Fsp3) is 0.786. The number of nitrogens with zero attached hydrogens (tertiary/aromatic N) is 3. The number of hydrogen-bond acceptors (Lipinski definition) is 3. The smallest absolute Gasteiger partial charge is 0.0945 e. The van der Waals surface area contributed by atoms with E-state index in [1.54, 1.807) is 0 Å². The van der Waals surface area contributed by atoms with E-state index in [0.29, 0.717) is 0 Å². The molecule has 3 rings (SSSR count). The van der Waals surface area contributed by atoms with Crippen LogP contribution in [-0.4, -0.2) is 40.1 Å². The Morgan fingerprint density at radius 2 is 2.33 bits per heavy atom. The SMILES string of the molecule is Cn1cncc1CN(CC1CCCNC1)C1CC1. The Morgan fingerprint density at radius 1 is 1.44 bits per heavy atom. The summed E-state index contributed by atoms with van der Waals surface area (Å²) in [6, 6.07) is 0.835. The van der Waals surface area contributed by atoms with Crippen LogP contribution >= 0.6 is 0 Å². The Bertz CT molecular complexity index is 377. The van der Waals surface area contributed by atoms with Crippen molar-refractivity contribution in [1.82, 2.24) is 19.8 Å². The molecule has 1 saturated carbocycles. The first kappa shape index (κ1) is 12.2. The molecule has 0 amide bonds. The summed E-state index contributed by atoms with van der Waals surface area (Å²) < 4.78 is 2.15. The molecule has 1 aromatic heterocycles. The summed E-state index contributed by atoms with van der Waals surface area (Å²) in [6.45, 7) is 4.73. The second-order valence-electron chi connectivity index (χ2n) is 5.87. The minimum atomic E-state index is 0.835. The molecule has 1 saturated heterocycles. The van der Waals surface area contributed by atoms with Gasteiger partial charge in [-0.3, -0.25) is 4.90 Å². The molecule has 18 heavy (non-hydrogen) atoms. The van der Waals surface area contributed by atoms with Crippen molar-refractivity contribution in [3.8, 4) is 0 Å². The van der Waals surface area contributed by atoms with Crippen molar-refractivity contribution in [3.63, 3.8) is 0 Å². The van der Waals surface area contributed by atoms with E-state index < -0.39 is 0 Å². The number of aromatic nitrogens is 2. The number of imidazole rings is 1. The van der Waals surface area contributed by atoms with Crippen LogP contribution in [0.3, 0.4) is 0 Å². The third-order valence-corrected chi connectivity index (χ3v) is 4.24. The van der Waals surface area contributed by atoms with E-state index >= 15 is 0 Å². The lowest BCUT2D eigenvalue weighted by molar-refractivity contribution is 0.189. The van der Waals surface area contributed by atoms with Gasteiger partial charge in [-0.25, -0.2) is 4.98 Å². The molecule has 4 nitrogen and oxygen atoms in total. The molecule has 1 unspecified atom stereocenters. The summed E-state index contributed by atoms with van der Waals surface area (Å²) in [5, 5.41) is 3.53. The fourth-order valence-corrected chi connectivity index (χ4v) is 2.94. The quantitative estimate of drug-likeness (QED) is 0.854. The normalized spacial score (nSPS) is 24.7. The molecule has 1 N–H and O–H groups in total. The van der Waals surface area contributed by atoms with Crippen LogP contribution < -0.4 is 5.32 Å². The minimum absolute atomic E-state index is 0.835. The number of rotatable bonds is 5. The van der Waals surface area contributed by atoms with Gasteiger partial charge >= 0.3 is 0 Å². The summed E-state index contributed by atoms with van der Waals surface area (Å²) in [5.41, 5.74) is 1.34. The Balaban J connectivity index is 1.59. The van der Waals surface area contributed by atoms with Gasteiger partial charge in [-0.15, -0.1) is 0 Å². The van der Waals surface area contributed by atoms with Crippen molar-refractivity contribution in [1.29, 1.82) is 0 Å². The fourth-order valence-electron chi connectivity index (χ4n) is 2.94. The molecule has 4 heteroatoms. The number of aryl methyl sites for hydroxylation is 1. The first-order chi connectivity index (χ1) is 8.83. The van der Waals surface area contributed by atoms with Crippen LogP contribution in [0.25, 0.3) is 0 Å². The zero-order chi connectivity index (χ0) is 12.4. The third kappa shape index (κ3) is 2.93. The van der Waals surface area contributed by atoms with Crippen LogP contribution in [-0.2, 0) is 13.6 Å². The second-order valence-corrected chi connectivity index (χ2v) is 5.87. The summed E-state index contributed by atoms with van der Waals surface area (Å²) >= 11 is 0. The average molecular weight is 248 g/mol. The molecule has 0 radical (unpaired) electrons. The van der Waals surface area contributed by atoms with Crippen LogP contribution in [0.15, 0.2) is 12.5 Å². The van der Waals surface area contributed by atoms with Gasteiger partial charge in [0.1, 0.15) is 0 Å². The summed E-state index contributed by atoms with van der Waals surface area (Å²) in [5.74, 6) is 0.840. The van der Waals surface area contributed by atoms with Gasteiger partial charge < -0.3 is 9.88 Å². The van der Waals surface area contributed by atoms with Gasteiger partial charge in [0.05, 0.1) is 12.0 Å². The average Bonchev–Trinajstić information content (AvgIpc) is 3.16. The summed E-state index contributed by atoms with van der Waals surface area (Å²) in [4.78, 5) is 6.90. The maximum Gasteiger partial charge on any atom is 0.0945 e. The van der Waals surface area contributed by atoms with E-state index in [9.17, 15) is 0 Å². The Hall–Kier alpha value is -0.870. The summed E-state index contributed by atoms with van der Waals surface area (Å²) in [6.07, 6.45) is 9.42. The molecule has 1 atom stereocenters. The molecule has 2 fully saturated rings. The van der Waals surface area contributed by atoms with Crippen LogP contribution in [0.5, 0.6) is 0 Å². The highest BCUT2D eigenvalue weighted by Gasteiger charge is 2.31. The van der Waals surface area contributed by atoms with E-state index in [4.69, 9.17) is 0 Å². The van der Waals surface area contributed by atoms with Gasteiger partial charge in [0.15, 0.2) is 0 Å². The second kappa shape index (κ2) is 5.41. The number of nitrogens with one attached hydrogen (secondary N) is 1. The van der Waals surface area contributed by atoms with Gasteiger partial charge in [-0.1, -0.05) is 0 Å². The van der Waals surface area contributed by atoms with Gasteiger partial charge in [-0.2, -0.15) is 0 Å². The highest BCUT2D eigenvalue weighted by Crippen LogP contribution is 2.29. The Kier molecular flexibility index (Phi) is 3.66. The maximum absolute atomic E-state index is 4.23. The molecular weight excluding hydrogens is 224 g/mol. The molecule has 100 valence electrons. The van der Waals surface area contributed by atoms with Crippen molar-refractivity contribution >= 4 is 0 Å². The van der Waals surface area contributed by atoms with Crippen LogP contribution in [0.2, 0.25) is 0 Å². The third-order valence-electron chi connectivity index (χ3n) is 4.24. The first-order valence-corrected chi connectivity index (χ1v) is 7.23. The molecule has 1 aliphatic carbocycles. The Morgan fingerprint density at radius 3 is 2.94 bits per heavy atom. The molecule has 1 aromatic rings. The van der Waals surface area contributed by atoms with E-state index in [-0.39, 0.29) is 0 Å². The van der Waals surface area contributed by atoms with Gasteiger partial charge in [-0.05, 0) is 44.7 Å². The number of hydrogen-bond donors (Lipinski definition) is 1. The first-order valence-electron chi connectivity index (χ1n) is 7.23. The molecule has 2 heterocycles. The lowest BCUT2D eigenvalue weighted by Gasteiger charge is -2.30. The predicted molar refractivity (Wildman–Crippen MR) is 72.2 cm³/mol. The summed E-state index contributed by atoms with van der Waals surface area (Å²) in [7, 11) is 2.09. The highest BCUT2D eigenvalue weighted by atomic mass is 15.2. The zero-order valence-electron chi connectivity index (χ0n) is 11.3. The van der Waals surface area contributed by atoms with Crippen molar-refractivity contribution in [2.45, 2.75) is 38.3 Å². The number of piperidine rings is 1. The molecule has 0 spiro atoms. The van der Waals surface area contributed by atoms with E-state index in [1.165, 1.54) is 51.0 Å². The van der Waals surface area contributed by atoms with Crippen molar-refractivity contribution in [2.24, 2.45) is 13.0 Å². The standard InChI is InChI=1S/C14H24N4/c1-17-11-16-8-14(17)10-18(13-4-5-13)9-12-3-2-6-15-7-12/h8,11-13,15H,2-7,9-10H2,1H3. The largest absolute Gasteiger partial charge is 0.337 e. The van der Waals surface area contributed by atoms with Crippen molar-refractivity contribution < 1.29 is 0 Å². The molecular formula is C14H24N4. The van der Waals surface area contributed by atoms with Crippen molar-refractivity contribution in [2.75, 3.05) is 19.6 Å². The lowest BCUT2D eigenvalue weighted by Crippen LogP contribution is -2.39. The maximum atomic E-state index is 4.23. The Labute approximate surface area is 109 Å². The lowest BCUT2D eigenvalue weighted by atomic mass is 9.99. The molecule has 0 aromatic carbocycles. The van der Waals surface area contributed by atoms with Crippen LogP contribution in [0, 0.1) is 5.92 Å². The topological polar surface area (TPSA) is 33.1 Å². The van der Waals surface area contributed by atoms with Gasteiger partial charge in [0.2, 0.25) is 0 Å². The van der Waals surface area contributed by atoms with E-state index in [1.807, 2.05) is 12.5 Å². The predicted octanol–water partition coefficient (Wildman–Crippen LogP) is 1.38. The highest BCUT2D eigenvalue weighted by molar-refractivity contribution is 5.00. The van der Waals surface area contributed by atoms with Crippen LogP contribution in [0.1, 0.15) is 31.4 Å². The van der Waals surface area contributed by atoms with E-state index in [0.717, 1.165) is 18.5 Å². The minimum Gasteiger partial charge on any atom is -0.337 e. The van der Waals surface area contributed by atoms with Gasteiger partial charge in [0.25, 0.3) is 0 Å². The molecule has 2 aliphatic rings. The zero-order valence-corrected chi connectivity index (χ0v) is 11.3. The molecule has 1 aliphatic heterocycles. The van der Waals surface area contributed by atoms with Gasteiger partial charge in [0, 0.05) is 32.4 Å². The van der Waals surface area contributed by atoms with Crippen molar-refractivity contribution in [3.05, 3.63) is 18.2 Å². The monoisotopic (exact) mass is 248 g/mol. The van der Waals surface area contributed by atoms with Crippen LogP contribution in [0.4, 0.5) is 0 Å². The molecule has 0 bridgehead atoms. The van der Waals surface area contributed by atoms with E-state index in [2.05, 4.69) is 26.8 Å².